The smallest absolute Gasteiger partial charge is 0.254 e. The number of carbonyl (C=O) groups excluding carboxylic acids is 2. The minimum absolute atomic E-state index is 0.0458. The van der Waals surface area contributed by atoms with Crippen LogP contribution < -0.4 is 10.6 Å². The lowest BCUT2D eigenvalue weighted by Crippen LogP contribution is -2.48. The normalized spacial score (nSPS) is 16.1. The first-order valence-corrected chi connectivity index (χ1v) is 16.6. The van der Waals surface area contributed by atoms with Crippen LogP contribution in [0.15, 0.2) is 72.4 Å². The SMILES string of the molecule is Cc1cc(C(=O)N[C@@H](Cc2ccccc2)[C@H](O)CNCc2cncc(C(C)C)c2)cc(C(=O)N2CCC[C@@H]2c2nc(C)cs2)c1. The number of amides is 2. The zero-order chi connectivity index (χ0) is 31.9. The van der Waals surface area contributed by atoms with E-state index < -0.39 is 12.1 Å². The molecule has 0 radical (unpaired) electrons. The van der Waals surface area contributed by atoms with Crippen molar-refractivity contribution in [1.29, 1.82) is 0 Å². The number of hydrogen-bond acceptors (Lipinski definition) is 7. The molecule has 1 saturated heterocycles. The zero-order valence-electron chi connectivity index (χ0n) is 26.5. The van der Waals surface area contributed by atoms with Crippen LogP contribution in [0, 0.1) is 13.8 Å². The minimum atomic E-state index is -0.853. The first kappa shape index (κ1) is 32.5. The molecular weight excluding hydrogens is 582 g/mol. The predicted molar refractivity (Wildman–Crippen MR) is 178 cm³/mol. The third-order valence-electron chi connectivity index (χ3n) is 8.27. The van der Waals surface area contributed by atoms with Gasteiger partial charge in [0.2, 0.25) is 0 Å². The molecule has 2 amide bonds. The number of aliphatic hydroxyl groups is 1. The number of aryl methyl sites for hydroxylation is 2. The molecule has 0 saturated carbocycles. The van der Waals surface area contributed by atoms with Gasteiger partial charge in [0.1, 0.15) is 5.01 Å². The molecule has 0 bridgehead atoms. The Morgan fingerprint density at radius 3 is 2.56 bits per heavy atom. The Morgan fingerprint density at radius 1 is 1.04 bits per heavy atom. The highest BCUT2D eigenvalue weighted by atomic mass is 32.1. The molecule has 3 N–H and O–H groups in total. The van der Waals surface area contributed by atoms with Crippen molar-refractivity contribution in [1.82, 2.24) is 25.5 Å². The molecule has 45 heavy (non-hydrogen) atoms. The zero-order valence-corrected chi connectivity index (χ0v) is 27.3. The van der Waals surface area contributed by atoms with Gasteiger partial charge in [-0.1, -0.05) is 50.2 Å². The Hall–Kier alpha value is -3.92. The molecule has 2 aromatic heterocycles. The fourth-order valence-electron chi connectivity index (χ4n) is 5.82. The highest BCUT2D eigenvalue weighted by molar-refractivity contribution is 7.09. The van der Waals surface area contributed by atoms with E-state index in [9.17, 15) is 14.7 Å². The number of thiazole rings is 1. The molecule has 3 heterocycles. The number of rotatable bonds is 12. The highest BCUT2D eigenvalue weighted by Crippen LogP contribution is 2.35. The van der Waals surface area contributed by atoms with Crippen molar-refractivity contribution in [2.24, 2.45) is 0 Å². The Bertz CT molecular complexity index is 1610. The quantitative estimate of drug-likeness (QED) is 0.185. The van der Waals surface area contributed by atoms with Gasteiger partial charge in [0.15, 0.2) is 0 Å². The van der Waals surface area contributed by atoms with E-state index in [-0.39, 0.29) is 24.4 Å². The number of aliphatic hydroxyl groups excluding tert-OH is 1. The topological polar surface area (TPSA) is 107 Å². The third-order valence-corrected chi connectivity index (χ3v) is 9.33. The Labute approximate surface area is 269 Å². The second-order valence-corrected chi connectivity index (χ2v) is 13.2. The maximum atomic E-state index is 13.7. The number of aromatic nitrogens is 2. The molecule has 3 atom stereocenters. The van der Waals surface area contributed by atoms with Crippen LogP contribution in [0.3, 0.4) is 0 Å². The van der Waals surface area contributed by atoms with E-state index in [1.54, 1.807) is 23.5 Å². The van der Waals surface area contributed by atoms with Crippen LogP contribution >= 0.6 is 11.3 Å². The summed E-state index contributed by atoms with van der Waals surface area (Å²) in [5.41, 5.74) is 5.88. The Morgan fingerprint density at radius 2 is 1.82 bits per heavy atom. The lowest BCUT2D eigenvalue weighted by Gasteiger charge is -2.26. The van der Waals surface area contributed by atoms with Crippen molar-refractivity contribution in [3.63, 3.8) is 0 Å². The van der Waals surface area contributed by atoms with Crippen LogP contribution in [0.5, 0.6) is 0 Å². The summed E-state index contributed by atoms with van der Waals surface area (Å²) in [5.74, 6) is -0.0377. The molecule has 8 nitrogen and oxygen atoms in total. The summed E-state index contributed by atoms with van der Waals surface area (Å²) in [6.07, 6.45) is 5.11. The summed E-state index contributed by atoms with van der Waals surface area (Å²) in [6, 6.07) is 16.6. The molecule has 0 spiro atoms. The van der Waals surface area contributed by atoms with E-state index in [1.807, 2.05) is 72.9 Å². The lowest BCUT2D eigenvalue weighted by atomic mass is 9.99. The number of nitrogens with one attached hydrogen (secondary N) is 2. The Balaban J connectivity index is 1.29. The first-order chi connectivity index (χ1) is 21.7. The molecule has 236 valence electrons. The molecule has 1 aliphatic heterocycles. The second-order valence-electron chi connectivity index (χ2n) is 12.3. The van der Waals surface area contributed by atoms with E-state index >= 15 is 0 Å². The van der Waals surface area contributed by atoms with E-state index in [0.717, 1.165) is 40.2 Å². The molecule has 2 aromatic carbocycles. The van der Waals surface area contributed by atoms with E-state index in [0.29, 0.717) is 36.6 Å². The fourth-order valence-corrected chi connectivity index (χ4v) is 6.77. The van der Waals surface area contributed by atoms with Crippen LogP contribution in [0.25, 0.3) is 0 Å². The fraction of sp³-hybridized carbons (Fsp3) is 0.389. The standard InChI is InChI=1S/C36H43N5O3S/c1-23(2)30-15-27(18-37-20-30)19-38-21-33(42)31(16-26-9-6-5-7-10-26)40-34(43)28-13-24(3)14-29(17-28)36(44)41-12-8-11-32(41)35-39-25(4)22-45-35/h5-7,9-10,13-15,17-18,20,22-23,31-33,38,42H,8,11-12,16,19,21H2,1-4H3,(H,40,43)/t31-,32+,33+/m0/s1. The highest BCUT2D eigenvalue weighted by Gasteiger charge is 2.33. The minimum Gasteiger partial charge on any atom is -0.390 e. The van der Waals surface area contributed by atoms with Crippen molar-refractivity contribution in [3.05, 3.63) is 116 Å². The number of pyridine rings is 1. The van der Waals surface area contributed by atoms with Gasteiger partial charge in [0.25, 0.3) is 11.8 Å². The third kappa shape index (κ3) is 8.42. The molecule has 1 fully saturated rings. The van der Waals surface area contributed by atoms with Gasteiger partial charge in [0.05, 0.1) is 18.2 Å². The Kier molecular flexibility index (Phi) is 10.8. The van der Waals surface area contributed by atoms with Crippen molar-refractivity contribution < 1.29 is 14.7 Å². The van der Waals surface area contributed by atoms with Crippen molar-refractivity contribution in [2.75, 3.05) is 13.1 Å². The van der Waals surface area contributed by atoms with Gasteiger partial charge in [-0.25, -0.2) is 4.98 Å². The predicted octanol–water partition coefficient (Wildman–Crippen LogP) is 5.75. The molecule has 0 unspecified atom stereocenters. The van der Waals surface area contributed by atoms with Gasteiger partial charge in [-0.15, -0.1) is 11.3 Å². The maximum Gasteiger partial charge on any atom is 0.254 e. The van der Waals surface area contributed by atoms with Crippen LogP contribution in [0.1, 0.15) is 92.3 Å². The largest absolute Gasteiger partial charge is 0.390 e. The second kappa shape index (κ2) is 14.9. The summed E-state index contributed by atoms with van der Waals surface area (Å²) in [6.45, 7) is 9.62. The summed E-state index contributed by atoms with van der Waals surface area (Å²) < 4.78 is 0. The summed E-state index contributed by atoms with van der Waals surface area (Å²) in [7, 11) is 0. The molecule has 1 aliphatic rings. The average molecular weight is 626 g/mol. The van der Waals surface area contributed by atoms with Crippen LogP contribution in [0.2, 0.25) is 0 Å². The first-order valence-electron chi connectivity index (χ1n) is 15.7. The number of benzene rings is 2. The lowest BCUT2D eigenvalue weighted by molar-refractivity contribution is 0.0735. The van der Waals surface area contributed by atoms with Crippen LogP contribution in [0.4, 0.5) is 0 Å². The maximum absolute atomic E-state index is 13.7. The summed E-state index contributed by atoms with van der Waals surface area (Å²) >= 11 is 1.59. The number of likely N-dealkylation sites (tertiary alicyclic amines) is 1. The average Bonchev–Trinajstić information content (AvgIpc) is 3.70. The monoisotopic (exact) mass is 625 g/mol. The molecule has 9 heteroatoms. The van der Waals surface area contributed by atoms with E-state index in [4.69, 9.17) is 0 Å². The van der Waals surface area contributed by atoms with Gasteiger partial charge in [0, 0.05) is 54.2 Å². The molecule has 0 aliphatic carbocycles. The van der Waals surface area contributed by atoms with Crippen LogP contribution in [-0.4, -0.2) is 57.0 Å². The van der Waals surface area contributed by atoms with Gasteiger partial charge in [-0.05, 0) is 79.5 Å². The summed E-state index contributed by atoms with van der Waals surface area (Å²) in [5, 5.41) is 20.7. The number of hydrogen-bond donors (Lipinski definition) is 3. The number of carbonyl (C=O) groups is 2. The van der Waals surface area contributed by atoms with Gasteiger partial charge in [-0.3, -0.25) is 14.6 Å². The molecular formula is C36H43N5O3S. The van der Waals surface area contributed by atoms with E-state index in [2.05, 4.69) is 40.5 Å². The van der Waals surface area contributed by atoms with Gasteiger partial charge >= 0.3 is 0 Å². The van der Waals surface area contributed by atoms with E-state index in [1.165, 1.54) is 5.56 Å². The molecule has 5 rings (SSSR count). The van der Waals surface area contributed by atoms with Gasteiger partial charge in [-0.2, -0.15) is 0 Å². The van der Waals surface area contributed by atoms with Crippen LogP contribution in [-0.2, 0) is 13.0 Å². The van der Waals surface area contributed by atoms with Crippen molar-refractivity contribution in [3.8, 4) is 0 Å². The van der Waals surface area contributed by atoms with Crippen molar-refractivity contribution >= 4 is 23.2 Å². The number of nitrogens with zero attached hydrogens (tertiary/aromatic N) is 3. The summed E-state index contributed by atoms with van der Waals surface area (Å²) in [4.78, 5) is 38.3. The molecule has 4 aromatic rings. The van der Waals surface area contributed by atoms with Crippen molar-refractivity contribution in [2.45, 2.75) is 77.6 Å². The van der Waals surface area contributed by atoms with Gasteiger partial charge < -0.3 is 20.6 Å².